The zero-order valence-corrected chi connectivity index (χ0v) is 15.2. The van der Waals surface area contributed by atoms with Gasteiger partial charge in [-0.2, -0.15) is 0 Å². The van der Waals surface area contributed by atoms with Gasteiger partial charge in [-0.15, -0.1) is 0 Å². The molecule has 2 aromatic carbocycles. The zero-order valence-electron chi connectivity index (χ0n) is 15.2. The van der Waals surface area contributed by atoms with Crippen LogP contribution in [0.15, 0.2) is 48.5 Å². The van der Waals surface area contributed by atoms with Gasteiger partial charge in [0, 0.05) is 6.54 Å². The van der Waals surface area contributed by atoms with Gasteiger partial charge in [-0.05, 0) is 41.8 Å². The molecule has 0 aliphatic heterocycles. The summed E-state index contributed by atoms with van der Waals surface area (Å²) in [5.74, 6) is -1.86. The average Bonchev–Trinajstić information content (AvgIpc) is 2.66. The molecule has 1 unspecified atom stereocenters. The molecule has 28 heavy (non-hydrogen) atoms. The highest BCUT2D eigenvalue weighted by atomic mass is 16.5. The lowest BCUT2D eigenvalue weighted by Crippen LogP contribution is -2.48. The van der Waals surface area contributed by atoms with Crippen LogP contribution in [0.2, 0.25) is 0 Å². The number of hydrogen-bond acceptors (Lipinski definition) is 6. The fraction of sp³-hybridized carbons (Fsp3) is 0.263. The van der Waals surface area contributed by atoms with Crippen LogP contribution in [-0.2, 0) is 17.6 Å². The van der Waals surface area contributed by atoms with Gasteiger partial charge in [-0.25, -0.2) is 4.79 Å². The van der Waals surface area contributed by atoms with Crippen molar-refractivity contribution in [3.8, 4) is 5.75 Å². The molecular formula is C19H23BN2O6. The molecule has 2 aromatic rings. The number of hydrogen-bond donors (Lipinski definition) is 5. The Balaban J connectivity index is 2.01. The Bertz CT molecular complexity index is 815. The van der Waals surface area contributed by atoms with Gasteiger partial charge in [0.05, 0.1) is 17.9 Å². The molecule has 2 rings (SSSR count). The first-order valence-corrected chi connectivity index (χ1v) is 8.78. The van der Waals surface area contributed by atoms with Crippen molar-refractivity contribution in [2.24, 2.45) is 5.73 Å². The number of carbonyl (C=O) groups is 2. The van der Waals surface area contributed by atoms with E-state index >= 15 is 0 Å². The summed E-state index contributed by atoms with van der Waals surface area (Å²) >= 11 is 0. The molecule has 9 heteroatoms. The lowest BCUT2D eigenvalue weighted by molar-refractivity contribution is -0.120. The minimum Gasteiger partial charge on any atom is -0.492 e. The molecule has 0 aromatic heterocycles. The molecule has 6 N–H and O–H groups in total. The van der Waals surface area contributed by atoms with E-state index in [2.05, 4.69) is 5.32 Å². The van der Waals surface area contributed by atoms with E-state index < -0.39 is 24.9 Å². The normalized spacial score (nSPS) is 11.5. The molecule has 148 valence electrons. The Labute approximate surface area is 163 Å². The largest absolute Gasteiger partial charge is 0.492 e. The van der Waals surface area contributed by atoms with E-state index in [1.165, 1.54) is 12.1 Å². The molecule has 0 saturated heterocycles. The highest BCUT2D eigenvalue weighted by Gasteiger charge is 2.26. The van der Waals surface area contributed by atoms with Gasteiger partial charge in [0.2, 0.25) is 5.91 Å². The van der Waals surface area contributed by atoms with Crippen molar-refractivity contribution in [1.29, 1.82) is 0 Å². The first-order valence-electron chi connectivity index (χ1n) is 8.78. The van der Waals surface area contributed by atoms with Crippen LogP contribution in [0.25, 0.3) is 0 Å². The summed E-state index contributed by atoms with van der Waals surface area (Å²) in [5, 5.41) is 30.8. The summed E-state index contributed by atoms with van der Waals surface area (Å²) in [4.78, 5) is 23.4. The number of carbonyl (C=O) groups excluding carboxylic acids is 1. The lowest BCUT2D eigenvalue weighted by Gasteiger charge is -2.18. The van der Waals surface area contributed by atoms with E-state index in [-0.39, 0.29) is 18.4 Å². The van der Waals surface area contributed by atoms with Crippen LogP contribution in [0.4, 0.5) is 0 Å². The highest BCUT2D eigenvalue weighted by molar-refractivity contribution is 6.43. The van der Waals surface area contributed by atoms with E-state index in [0.29, 0.717) is 30.0 Å². The molecule has 0 fully saturated rings. The maximum atomic E-state index is 12.3. The van der Waals surface area contributed by atoms with E-state index in [1.54, 1.807) is 36.4 Å². The van der Waals surface area contributed by atoms with Crippen molar-refractivity contribution in [2.45, 2.75) is 18.8 Å². The summed E-state index contributed by atoms with van der Waals surface area (Å²) in [6, 6.07) is 13.1. The average molecular weight is 386 g/mol. The van der Waals surface area contributed by atoms with Gasteiger partial charge >= 0.3 is 13.1 Å². The maximum absolute atomic E-state index is 12.3. The third-order valence-corrected chi connectivity index (χ3v) is 3.99. The molecule has 0 saturated carbocycles. The molecular weight excluding hydrogens is 363 g/mol. The number of carboxylic acids is 1. The van der Waals surface area contributed by atoms with Crippen LogP contribution in [-0.4, -0.2) is 53.2 Å². The van der Waals surface area contributed by atoms with Gasteiger partial charge in [0.1, 0.15) is 12.4 Å². The first-order chi connectivity index (χ1) is 13.4. The number of ether oxygens (including phenoxy) is 1. The van der Waals surface area contributed by atoms with Crippen molar-refractivity contribution in [1.82, 2.24) is 5.32 Å². The fourth-order valence-electron chi connectivity index (χ4n) is 2.68. The van der Waals surface area contributed by atoms with Crippen LogP contribution in [0.5, 0.6) is 5.75 Å². The second-order valence-corrected chi connectivity index (χ2v) is 6.26. The van der Waals surface area contributed by atoms with Crippen LogP contribution < -0.4 is 15.8 Å². The Morgan fingerprint density at radius 2 is 1.82 bits per heavy atom. The van der Waals surface area contributed by atoms with Crippen LogP contribution in [0.1, 0.15) is 21.5 Å². The molecule has 8 nitrogen and oxygen atoms in total. The predicted molar refractivity (Wildman–Crippen MR) is 104 cm³/mol. The molecule has 0 aliphatic rings. The first kappa shape index (κ1) is 21.4. The van der Waals surface area contributed by atoms with Crippen molar-refractivity contribution < 1.29 is 29.5 Å². The third kappa shape index (κ3) is 6.69. The summed E-state index contributed by atoms with van der Waals surface area (Å²) in [6.07, 6.45) is 0.0996. The molecule has 0 radical (unpaired) electrons. The zero-order chi connectivity index (χ0) is 20.5. The number of aromatic carboxylic acids is 1. The third-order valence-electron chi connectivity index (χ3n) is 3.99. The number of amides is 1. The topological polar surface area (TPSA) is 142 Å². The SMILES string of the molecule is NCCOc1cccc(CC(=O)NC(Cc2cccc(C(=O)O)c2)B(O)O)c1. The summed E-state index contributed by atoms with van der Waals surface area (Å²) in [7, 11) is -1.79. The van der Waals surface area contributed by atoms with E-state index in [9.17, 15) is 19.6 Å². The molecule has 1 atom stereocenters. The van der Waals surface area contributed by atoms with Gasteiger partial charge in [0.15, 0.2) is 0 Å². The Hall–Kier alpha value is -2.88. The smallest absolute Gasteiger partial charge is 0.475 e. The second-order valence-electron chi connectivity index (χ2n) is 6.26. The Morgan fingerprint density at radius 1 is 1.11 bits per heavy atom. The number of benzene rings is 2. The number of nitrogens with one attached hydrogen (secondary N) is 1. The molecule has 0 spiro atoms. The second kappa shape index (κ2) is 10.5. The van der Waals surface area contributed by atoms with Crippen molar-refractivity contribution >= 4 is 19.0 Å². The summed E-state index contributed by atoms with van der Waals surface area (Å²) in [5.41, 5.74) is 6.75. The Morgan fingerprint density at radius 3 is 2.50 bits per heavy atom. The Kier molecular flexibility index (Phi) is 8.00. The maximum Gasteiger partial charge on any atom is 0.475 e. The molecule has 0 heterocycles. The van der Waals surface area contributed by atoms with Gasteiger partial charge < -0.3 is 30.9 Å². The molecule has 0 aliphatic carbocycles. The predicted octanol–water partition coefficient (Wildman–Crippen LogP) is 0.00430. The van der Waals surface area contributed by atoms with E-state index in [0.717, 1.165) is 0 Å². The monoisotopic (exact) mass is 386 g/mol. The van der Waals surface area contributed by atoms with Crippen molar-refractivity contribution in [2.75, 3.05) is 13.2 Å². The van der Waals surface area contributed by atoms with Gasteiger partial charge in [-0.1, -0.05) is 24.3 Å². The lowest BCUT2D eigenvalue weighted by atomic mass is 9.75. The minimum absolute atomic E-state index is 0.0260. The van der Waals surface area contributed by atoms with Gasteiger partial charge in [-0.3, -0.25) is 4.79 Å². The number of carboxylic acid groups (broad SMARTS) is 1. The van der Waals surface area contributed by atoms with Crippen LogP contribution in [0, 0.1) is 0 Å². The number of rotatable bonds is 10. The summed E-state index contributed by atoms with van der Waals surface area (Å²) in [6.45, 7) is 0.744. The minimum atomic E-state index is -1.79. The summed E-state index contributed by atoms with van der Waals surface area (Å²) < 4.78 is 5.42. The van der Waals surface area contributed by atoms with E-state index in [1.807, 2.05) is 0 Å². The standard InChI is InChI=1S/C19H23BN2O6/c21-7-8-28-16-6-2-4-14(10-16)12-18(23)22-17(20(26)27)11-13-3-1-5-15(9-13)19(24)25/h1-6,9-10,17,26-27H,7-8,11-12,21H2,(H,22,23)(H,24,25). The van der Waals surface area contributed by atoms with Crippen molar-refractivity contribution in [3.05, 3.63) is 65.2 Å². The van der Waals surface area contributed by atoms with Crippen LogP contribution in [0.3, 0.4) is 0 Å². The van der Waals surface area contributed by atoms with Crippen molar-refractivity contribution in [3.63, 3.8) is 0 Å². The molecule has 1 amide bonds. The quantitative estimate of drug-likeness (QED) is 0.362. The molecule has 0 bridgehead atoms. The van der Waals surface area contributed by atoms with Gasteiger partial charge in [0.25, 0.3) is 0 Å². The van der Waals surface area contributed by atoms with E-state index in [4.69, 9.17) is 15.6 Å². The number of nitrogens with two attached hydrogens (primary N) is 1. The highest BCUT2D eigenvalue weighted by Crippen LogP contribution is 2.14. The fourth-order valence-corrected chi connectivity index (χ4v) is 2.68. The van der Waals surface area contributed by atoms with Crippen LogP contribution >= 0.6 is 0 Å².